The van der Waals surface area contributed by atoms with Crippen LogP contribution in [0.5, 0.6) is 11.5 Å². The maximum atomic E-state index is 12.0. The molecule has 0 bridgehead atoms. The topological polar surface area (TPSA) is 78.8 Å². The number of aromatic hydroxyl groups is 2. The molecule has 3 N–H and O–H groups in total. The molecule has 24 heavy (non-hydrogen) atoms. The van der Waals surface area contributed by atoms with E-state index in [0.29, 0.717) is 17.5 Å². The Balaban J connectivity index is 3.01. The van der Waals surface area contributed by atoms with Crippen molar-refractivity contribution in [2.45, 2.75) is 47.0 Å². The van der Waals surface area contributed by atoms with Crippen LogP contribution >= 0.6 is 0 Å². The Morgan fingerprint density at radius 2 is 1.92 bits per heavy atom. The lowest BCUT2D eigenvalue weighted by atomic mass is 9.98. The first-order chi connectivity index (χ1) is 11.3. The first-order valence-corrected chi connectivity index (χ1v) is 7.94. The second-order valence-corrected chi connectivity index (χ2v) is 6.12. The second-order valence-electron chi connectivity index (χ2n) is 6.12. The standard InChI is InChI=1S/C19H27NO4/c1-12(2)7-6-8-13(3)9-10-15-16(21)11-14(4)17(18(15)22)19(23)20-24-5/h7,9,11,21-22H,6,8,10H2,1-5H3,(H,20,23)/b13-9+. The van der Waals surface area contributed by atoms with Gasteiger partial charge in [0, 0.05) is 5.56 Å². The van der Waals surface area contributed by atoms with E-state index in [1.165, 1.54) is 18.7 Å². The van der Waals surface area contributed by atoms with Crippen molar-refractivity contribution < 1.29 is 19.8 Å². The van der Waals surface area contributed by atoms with Crippen molar-refractivity contribution in [1.29, 1.82) is 0 Å². The average molecular weight is 333 g/mol. The summed E-state index contributed by atoms with van der Waals surface area (Å²) in [5.41, 5.74) is 5.56. The van der Waals surface area contributed by atoms with Gasteiger partial charge in [-0.3, -0.25) is 9.63 Å². The van der Waals surface area contributed by atoms with Crippen LogP contribution in [0.1, 0.15) is 55.1 Å². The molecule has 0 atom stereocenters. The van der Waals surface area contributed by atoms with Gasteiger partial charge >= 0.3 is 0 Å². The lowest BCUT2D eigenvalue weighted by Crippen LogP contribution is -2.23. The first kappa shape index (κ1) is 19.8. The van der Waals surface area contributed by atoms with Gasteiger partial charge < -0.3 is 10.2 Å². The summed E-state index contributed by atoms with van der Waals surface area (Å²) in [7, 11) is 1.32. The molecule has 0 aromatic heterocycles. The number of amides is 1. The third-order valence-electron chi connectivity index (χ3n) is 3.75. The Bertz CT molecular complexity index is 656. The highest BCUT2D eigenvalue weighted by Gasteiger charge is 2.20. The van der Waals surface area contributed by atoms with Crippen molar-refractivity contribution in [3.05, 3.63) is 46.1 Å². The zero-order chi connectivity index (χ0) is 18.3. The molecule has 0 saturated carbocycles. The molecule has 5 heteroatoms. The van der Waals surface area contributed by atoms with Crippen LogP contribution in [0.2, 0.25) is 0 Å². The average Bonchev–Trinajstić information content (AvgIpc) is 2.46. The van der Waals surface area contributed by atoms with Crippen molar-refractivity contribution in [2.24, 2.45) is 0 Å². The van der Waals surface area contributed by atoms with Crippen LogP contribution in [-0.2, 0) is 11.3 Å². The number of rotatable bonds is 7. The third kappa shape index (κ3) is 5.42. The summed E-state index contributed by atoms with van der Waals surface area (Å²) in [4.78, 5) is 16.6. The smallest absolute Gasteiger partial charge is 0.278 e. The first-order valence-electron chi connectivity index (χ1n) is 7.94. The Kier molecular flexibility index (Phi) is 7.52. The van der Waals surface area contributed by atoms with Crippen LogP contribution in [0.15, 0.2) is 29.4 Å². The minimum atomic E-state index is -0.544. The number of hydroxylamine groups is 1. The van der Waals surface area contributed by atoms with Gasteiger partial charge in [-0.2, -0.15) is 0 Å². The number of hydrogen-bond acceptors (Lipinski definition) is 4. The number of hydrogen-bond donors (Lipinski definition) is 3. The molecule has 0 aliphatic heterocycles. The monoisotopic (exact) mass is 333 g/mol. The maximum absolute atomic E-state index is 12.0. The van der Waals surface area contributed by atoms with Crippen molar-refractivity contribution in [1.82, 2.24) is 5.48 Å². The summed E-state index contributed by atoms with van der Waals surface area (Å²) < 4.78 is 0. The molecule has 0 fully saturated rings. The van der Waals surface area contributed by atoms with Gasteiger partial charge in [0.15, 0.2) is 0 Å². The van der Waals surface area contributed by atoms with E-state index in [2.05, 4.69) is 30.2 Å². The van der Waals surface area contributed by atoms with E-state index in [1.54, 1.807) is 6.92 Å². The zero-order valence-electron chi connectivity index (χ0n) is 15.1. The fourth-order valence-corrected chi connectivity index (χ4v) is 2.42. The van der Waals surface area contributed by atoms with E-state index >= 15 is 0 Å². The highest BCUT2D eigenvalue weighted by Crippen LogP contribution is 2.34. The molecule has 1 rings (SSSR count). The Labute approximate surface area is 143 Å². The molecule has 5 nitrogen and oxygen atoms in total. The fraction of sp³-hybridized carbons (Fsp3) is 0.421. The lowest BCUT2D eigenvalue weighted by molar-refractivity contribution is 0.0534. The summed E-state index contributed by atoms with van der Waals surface area (Å²) in [6.07, 6.45) is 6.35. The van der Waals surface area contributed by atoms with Crippen LogP contribution in [-0.4, -0.2) is 23.2 Å². The zero-order valence-corrected chi connectivity index (χ0v) is 15.1. The normalized spacial score (nSPS) is 11.3. The Morgan fingerprint density at radius 3 is 2.50 bits per heavy atom. The van der Waals surface area contributed by atoms with Crippen LogP contribution in [0, 0.1) is 6.92 Å². The van der Waals surface area contributed by atoms with E-state index in [0.717, 1.165) is 18.4 Å². The van der Waals surface area contributed by atoms with Crippen LogP contribution in [0.3, 0.4) is 0 Å². The molecule has 1 aromatic carbocycles. The number of phenols is 2. The van der Waals surface area contributed by atoms with Gasteiger partial charge in [-0.25, -0.2) is 5.48 Å². The predicted octanol–water partition coefficient (Wildman–Crippen LogP) is 3.93. The minimum Gasteiger partial charge on any atom is -0.508 e. The number of carbonyl (C=O) groups excluding carboxylic acids is 1. The number of aryl methyl sites for hydroxylation is 1. The number of phenolic OH excluding ortho intramolecular Hbond substituents is 2. The molecule has 0 aliphatic rings. The van der Waals surface area contributed by atoms with E-state index < -0.39 is 5.91 Å². The molecular weight excluding hydrogens is 306 g/mol. The summed E-state index contributed by atoms with van der Waals surface area (Å²) in [5, 5.41) is 20.5. The fourth-order valence-electron chi connectivity index (χ4n) is 2.42. The Morgan fingerprint density at radius 1 is 1.25 bits per heavy atom. The van der Waals surface area contributed by atoms with Gasteiger partial charge in [-0.1, -0.05) is 23.3 Å². The number of allylic oxidation sites excluding steroid dienone is 4. The van der Waals surface area contributed by atoms with Crippen molar-refractivity contribution in [2.75, 3.05) is 7.11 Å². The molecule has 0 aliphatic carbocycles. The summed E-state index contributed by atoms with van der Waals surface area (Å²) >= 11 is 0. The lowest BCUT2D eigenvalue weighted by Gasteiger charge is -2.13. The van der Waals surface area contributed by atoms with Crippen molar-refractivity contribution >= 4 is 5.91 Å². The van der Waals surface area contributed by atoms with Gasteiger partial charge in [0.05, 0.1) is 12.7 Å². The van der Waals surface area contributed by atoms with E-state index in [4.69, 9.17) is 0 Å². The van der Waals surface area contributed by atoms with Gasteiger partial charge in [0.2, 0.25) is 0 Å². The van der Waals surface area contributed by atoms with Gasteiger partial charge in [0.1, 0.15) is 11.5 Å². The number of carbonyl (C=O) groups is 1. The van der Waals surface area contributed by atoms with Gasteiger partial charge in [0.25, 0.3) is 5.91 Å². The summed E-state index contributed by atoms with van der Waals surface area (Å²) in [6, 6.07) is 1.48. The highest BCUT2D eigenvalue weighted by molar-refractivity contribution is 5.98. The molecule has 0 radical (unpaired) electrons. The predicted molar refractivity (Wildman–Crippen MR) is 95.1 cm³/mol. The third-order valence-corrected chi connectivity index (χ3v) is 3.75. The SMILES string of the molecule is CONC(=O)c1c(C)cc(O)c(C/C=C(\C)CCC=C(C)C)c1O. The van der Waals surface area contributed by atoms with Crippen LogP contribution < -0.4 is 5.48 Å². The van der Waals surface area contributed by atoms with Gasteiger partial charge in [-0.05, 0) is 58.6 Å². The maximum Gasteiger partial charge on any atom is 0.278 e. The van der Waals surface area contributed by atoms with Crippen molar-refractivity contribution in [3.63, 3.8) is 0 Å². The quantitative estimate of drug-likeness (QED) is 0.522. The minimum absolute atomic E-state index is 0.0210. The molecule has 0 saturated heterocycles. The van der Waals surface area contributed by atoms with E-state index in [9.17, 15) is 15.0 Å². The molecule has 0 heterocycles. The summed E-state index contributed by atoms with van der Waals surface area (Å²) in [6.45, 7) is 7.79. The molecule has 1 amide bonds. The summed E-state index contributed by atoms with van der Waals surface area (Å²) in [5.74, 6) is -0.777. The van der Waals surface area contributed by atoms with Crippen molar-refractivity contribution in [3.8, 4) is 11.5 Å². The Hall–Kier alpha value is -2.27. The molecule has 132 valence electrons. The van der Waals surface area contributed by atoms with Gasteiger partial charge in [-0.15, -0.1) is 0 Å². The number of nitrogens with one attached hydrogen (secondary N) is 1. The molecule has 0 unspecified atom stereocenters. The largest absolute Gasteiger partial charge is 0.508 e. The van der Waals surface area contributed by atoms with E-state index in [1.807, 2.05) is 13.0 Å². The number of benzene rings is 1. The highest BCUT2D eigenvalue weighted by atomic mass is 16.6. The van der Waals surface area contributed by atoms with E-state index in [-0.39, 0.29) is 17.1 Å². The molecule has 1 aromatic rings. The van der Waals surface area contributed by atoms with Crippen LogP contribution in [0.25, 0.3) is 0 Å². The molecule has 0 spiro atoms. The van der Waals surface area contributed by atoms with Crippen LogP contribution in [0.4, 0.5) is 0 Å². The molecular formula is C19H27NO4. The second kappa shape index (κ2) is 9.13.